The number of hydrogen-bond donors (Lipinski definition) is 1. The Morgan fingerprint density at radius 3 is 2.50 bits per heavy atom. The molecule has 2 aromatic carbocycles. The molecule has 24 heavy (non-hydrogen) atoms. The van der Waals surface area contributed by atoms with Crippen LogP contribution in [0, 0.1) is 11.3 Å². The monoisotopic (exact) mass is 313 g/mol. The van der Waals surface area contributed by atoms with Crippen molar-refractivity contribution in [1.82, 2.24) is 0 Å². The maximum absolute atomic E-state index is 11.7. The van der Waals surface area contributed by atoms with Crippen LogP contribution >= 0.6 is 0 Å². The van der Waals surface area contributed by atoms with Crippen molar-refractivity contribution < 1.29 is 9.52 Å². The van der Waals surface area contributed by atoms with E-state index in [1.165, 1.54) is 18.2 Å². The lowest BCUT2D eigenvalue weighted by molar-refractivity contribution is 0.474. The molecule has 0 saturated heterocycles. The van der Waals surface area contributed by atoms with Crippen LogP contribution in [0.15, 0.2) is 69.9 Å². The van der Waals surface area contributed by atoms with Gasteiger partial charge in [0.15, 0.2) is 5.43 Å². The molecule has 4 nitrogen and oxygen atoms in total. The third-order valence-electron chi connectivity index (χ3n) is 3.98. The first-order chi connectivity index (χ1) is 11.7. The molecule has 1 aliphatic heterocycles. The van der Waals surface area contributed by atoms with E-state index in [0.717, 1.165) is 22.1 Å². The Morgan fingerprint density at radius 1 is 0.958 bits per heavy atom. The predicted molar refractivity (Wildman–Crippen MR) is 90.9 cm³/mol. The maximum atomic E-state index is 11.7. The zero-order valence-electron chi connectivity index (χ0n) is 12.5. The number of nitrogens with zero attached hydrogens (tertiary/aromatic N) is 1. The van der Waals surface area contributed by atoms with Gasteiger partial charge in [0.1, 0.15) is 17.1 Å². The normalized spacial score (nSPS) is 10.8. The highest BCUT2D eigenvalue weighted by Crippen LogP contribution is 2.40. The van der Waals surface area contributed by atoms with E-state index in [2.05, 4.69) is 6.07 Å². The predicted octanol–water partition coefficient (Wildman–Crippen LogP) is 4.14. The summed E-state index contributed by atoms with van der Waals surface area (Å²) in [6, 6.07) is 18.9. The Bertz CT molecular complexity index is 1130. The van der Waals surface area contributed by atoms with Crippen molar-refractivity contribution in [1.29, 1.82) is 5.26 Å². The molecule has 0 radical (unpaired) electrons. The molecule has 0 saturated carbocycles. The van der Waals surface area contributed by atoms with Crippen LogP contribution in [0.1, 0.15) is 5.56 Å². The van der Waals surface area contributed by atoms with Gasteiger partial charge in [-0.25, -0.2) is 0 Å². The number of fused-ring (bicyclic) bond motifs is 2. The fourth-order valence-corrected chi connectivity index (χ4v) is 2.88. The van der Waals surface area contributed by atoms with Crippen molar-refractivity contribution in [3.05, 3.63) is 76.5 Å². The maximum Gasteiger partial charge on any atom is 0.182 e. The third-order valence-corrected chi connectivity index (χ3v) is 3.98. The largest absolute Gasteiger partial charge is 0.508 e. The molecule has 0 unspecified atom stereocenters. The van der Waals surface area contributed by atoms with Gasteiger partial charge in [-0.05, 0) is 42.0 Å². The molecule has 2 aromatic rings. The van der Waals surface area contributed by atoms with Gasteiger partial charge in [-0.2, -0.15) is 5.26 Å². The van der Waals surface area contributed by atoms with Crippen molar-refractivity contribution in [2.75, 3.05) is 0 Å². The second-order valence-electron chi connectivity index (χ2n) is 5.50. The molecule has 2 aliphatic rings. The van der Waals surface area contributed by atoms with Gasteiger partial charge in [0.2, 0.25) is 0 Å². The average molecular weight is 313 g/mol. The molecule has 1 aliphatic carbocycles. The van der Waals surface area contributed by atoms with Gasteiger partial charge in [-0.3, -0.25) is 4.79 Å². The topological polar surface area (TPSA) is 74.2 Å². The second-order valence-corrected chi connectivity index (χ2v) is 5.50. The molecule has 1 heterocycles. The van der Waals surface area contributed by atoms with Gasteiger partial charge in [0, 0.05) is 28.6 Å². The molecule has 1 N–H and O–H groups in total. The summed E-state index contributed by atoms with van der Waals surface area (Å²) in [6.45, 7) is 0. The smallest absolute Gasteiger partial charge is 0.182 e. The number of benzene rings is 3. The van der Waals surface area contributed by atoms with Crippen LogP contribution in [0.2, 0.25) is 0 Å². The van der Waals surface area contributed by atoms with Crippen molar-refractivity contribution in [3.63, 3.8) is 0 Å². The summed E-state index contributed by atoms with van der Waals surface area (Å²) in [4.78, 5) is 11.7. The van der Waals surface area contributed by atoms with E-state index in [0.29, 0.717) is 16.9 Å². The lowest BCUT2D eigenvalue weighted by atomic mass is 9.93. The Kier molecular flexibility index (Phi) is 3.07. The molecule has 0 spiro atoms. The molecule has 0 aromatic heterocycles. The van der Waals surface area contributed by atoms with Crippen LogP contribution in [0.25, 0.3) is 33.4 Å². The van der Waals surface area contributed by atoms with E-state index < -0.39 is 0 Å². The lowest BCUT2D eigenvalue weighted by Gasteiger charge is -2.15. The van der Waals surface area contributed by atoms with Crippen molar-refractivity contribution in [3.8, 4) is 34.3 Å². The lowest BCUT2D eigenvalue weighted by Crippen LogP contribution is -1.99. The average Bonchev–Trinajstić information content (AvgIpc) is 2.59. The fraction of sp³-hybridized carbons (Fsp3) is 0. The first kappa shape index (κ1) is 14.0. The summed E-state index contributed by atoms with van der Waals surface area (Å²) < 4.78 is 5.80. The SMILES string of the molecule is N#Cc1ccc(-c2c3ccc(=O)cc-3oc3cc(O)ccc23)cc1. The number of phenols is 1. The Labute approximate surface area is 137 Å². The van der Waals surface area contributed by atoms with Crippen LogP contribution in [0.4, 0.5) is 0 Å². The van der Waals surface area contributed by atoms with E-state index in [4.69, 9.17) is 9.68 Å². The second kappa shape index (κ2) is 5.25. The zero-order chi connectivity index (χ0) is 16.7. The van der Waals surface area contributed by atoms with Crippen LogP contribution in [0.5, 0.6) is 5.75 Å². The van der Waals surface area contributed by atoms with E-state index in [1.807, 2.05) is 12.1 Å². The highest BCUT2D eigenvalue weighted by atomic mass is 16.3. The van der Waals surface area contributed by atoms with Gasteiger partial charge >= 0.3 is 0 Å². The summed E-state index contributed by atoms with van der Waals surface area (Å²) >= 11 is 0. The van der Waals surface area contributed by atoms with E-state index in [9.17, 15) is 9.90 Å². The molecule has 4 rings (SSSR count). The Balaban J connectivity index is 2.14. The van der Waals surface area contributed by atoms with Gasteiger partial charge in [-0.15, -0.1) is 0 Å². The number of phenolic OH excluding ortho intramolecular Hbond substituents is 1. The van der Waals surface area contributed by atoms with E-state index >= 15 is 0 Å². The summed E-state index contributed by atoms with van der Waals surface area (Å²) in [7, 11) is 0. The van der Waals surface area contributed by atoms with Crippen molar-refractivity contribution in [2.24, 2.45) is 0 Å². The first-order valence-corrected chi connectivity index (χ1v) is 7.36. The number of rotatable bonds is 1. The molecule has 0 fully saturated rings. The summed E-state index contributed by atoms with van der Waals surface area (Å²) in [6.07, 6.45) is 0. The van der Waals surface area contributed by atoms with Crippen LogP contribution in [-0.4, -0.2) is 5.11 Å². The van der Waals surface area contributed by atoms with Gasteiger partial charge in [-0.1, -0.05) is 12.1 Å². The summed E-state index contributed by atoms with van der Waals surface area (Å²) in [5, 5.41) is 19.5. The minimum atomic E-state index is -0.142. The molecular weight excluding hydrogens is 302 g/mol. The van der Waals surface area contributed by atoms with Crippen LogP contribution in [-0.2, 0) is 0 Å². The summed E-state index contributed by atoms with van der Waals surface area (Å²) in [5.41, 5.74) is 3.54. The molecule has 0 bridgehead atoms. The van der Waals surface area contributed by atoms with Gasteiger partial charge in [0.05, 0.1) is 11.6 Å². The van der Waals surface area contributed by atoms with Gasteiger partial charge in [0.25, 0.3) is 0 Å². The molecule has 4 heteroatoms. The third kappa shape index (κ3) is 2.20. The molecule has 114 valence electrons. The number of hydrogen-bond acceptors (Lipinski definition) is 4. The minimum absolute atomic E-state index is 0.0923. The highest BCUT2D eigenvalue weighted by Gasteiger charge is 2.17. The fourth-order valence-electron chi connectivity index (χ4n) is 2.88. The molecule has 0 atom stereocenters. The van der Waals surface area contributed by atoms with Crippen molar-refractivity contribution >= 4 is 11.0 Å². The quantitative estimate of drug-likeness (QED) is 0.536. The van der Waals surface area contributed by atoms with E-state index in [-0.39, 0.29) is 11.2 Å². The van der Waals surface area contributed by atoms with Crippen LogP contribution < -0.4 is 5.43 Å². The number of nitriles is 1. The molecular formula is C20H11NO3. The van der Waals surface area contributed by atoms with E-state index in [1.54, 1.807) is 30.3 Å². The van der Waals surface area contributed by atoms with Crippen molar-refractivity contribution in [2.45, 2.75) is 0 Å². The highest BCUT2D eigenvalue weighted by molar-refractivity contribution is 6.02. The first-order valence-electron chi connectivity index (χ1n) is 7.36. The summed E-state index contributed by atoms with van der Waals surface area (Å²) in [5.74, 6) is 0.551. The molecule has 0 amide bonds. The standard InChI is InChI=1S/C20H11NO3/c21-11-12-1-3-13(4-2-12)20-16-7-5-14(22)9-18(16)24-19-10-15(23)6-8-17(19)20/h1-10,22H. The van der Waals surface area contributed by atoms with Crippen LogP contribution in [0.3, 0.4) is 0 Å². The van der Waals surface area contributed by atoms with Gasteiger partial charge < -0.3 is 9.52 Å². The Morgan fingerprint density at radius 2 is 1.75 bits per heavy atom. The zero-order valence-corrected chi connectivity index (χ0v) is 12.5. The minimum Gasteiger partial charge on any atom is -0.508 e. The Hall–Kier alpha value is -3.58. The number of aromatic hydroxyl groups is 1.